The maximum atomic E-state index is 13.0. The Balaban J connectivity index is 2.12. The zero-order valence-electron chi connectivity index (χ0n) is 13.0. The summed E-state index contributed by atoms with van der Waals surface area (Å²) >= 11 is 1.02. The van der Waals surface area contributed by atoms with Gasteiger partial charge in [0.05, 0.1) is 17.7 Å². The molecule has 0 aliphatic rings. The maximum absolute atomic E-state index is 13.0. The highest BCUT2D eigenvalue weighted by molar-refractivity contribution is 7.13. The second-order valence-electron chi connectivity index (χ2n) is 5.69. The maximum Gasteiger partial charge on any atom is 0.347 e. The minimum absolute atomic E-state index is 0.124. The van der Waals surface area contributed by atoms with Crippen molar-refractivity contribution in [1.29, 1.82) is 0 Å². The lowest BCUT2D eigenvalue weighted by atomic mass is 9.83. The minimum Gasteiger partial charge on any atom is -0.477 e. The Hall–Kier alpha value is -2.28. The summed E-state index contributed by atoms with van der Waals surface area (Å²) in [6.45, 7) is 5.22. The minimum atomic E-state index is -1.04. The van der Waals surface area contributed by atoms with E-state index in [1.807, 2.05) is 0 Å². The van der Waals surface area contributed by atoms with Crippen LogP contribution in [0.4, 0.5) is 4.39 Å². The van der Waals surface area contributed by atoms with Crippen molar-refractivity contribution in [2.75, 3.05) is 0 Å². The van der Waals surface area contributed by atoms with Gasteiger partial charge in [-0.25, -0.2) is 14.2 Å². The van der Waals surface area contributed by atoms with Crippen LogP contribution in [0.2, 0.25) is 0 Å². The summed E-state index contributed by atoms with van der Waals surface area (Å²) in [5.74, 6) is -1.65. The summed E-state index contributed by atoms with van der Waals surface area (Å²) in [5, 5.41) is 12.3. The summed E-state index contributed by atoms with van der Waals surface area (Å²) in [4.78, 5) is 27.6. The summed E-state index contributed by atoms with van der Waals surface area (Å²) in [6, 6.07) is 5.36. The summed E-state index contributed by atoms with van der Waals surface area (Å²) in [6.07, 6.45) is 1.27. The number of carboxylic acids is 1. The van der Waals surface area contributed by atoms with Crippen molar-refractivity contribution in [2.45, 2.75) is 32.2 Å². The van der Waals surface area contributed by atoms with Crippen LogP contribution in [-0.4, -0.2) is 22.0 Å². The molecule has 0 spiro atoms. The third kappa shape index (κ3) is 3.73. The number of carboxylic acid groups (broad SMARTS) is 1. The summed E-state index contributed by atoms with van der Waals surface area (Å²) < 4.78 is 13.0. The van der Waals surface area contributed by atoms with Crippen LogP contribution in [-0.2, 0) is 10.2 Å². The van der Waals surface area contributed by atoms with Crippen LogP contribution < -0.4 is 5.32 Å². The van der Waals surface area contributed by atoms with E-state index in [2.05, 4.69) is 10.3 Å². The van der Waals surface area contributed by atoms with Gasteiger partial charge in [0.2, 0.25) is 5.91 Å². The number of thiazole rings is 1. The van der Waals surface area contributed by atoms with Crippen molar-refractivity contribution in [2.24, 2.45) is 0 Å². The van der Waals surface area contributed by atoms with E-state index >= 15 is 0 Å². The number of carbonyl (C=O) groups is 2. The molecular weight excluding hydrogens is 319 g/mol. The monoisotopic (exact) mass is 336 g/mol. The number of nitrogens with one attached hydrogen (secondary N) is 1. The molecule has 1 amide bonds. The Labute approximate surface area is 137 Å². The van der Waals surface area contributed by atoms with E-state index in [0.717, 1.165) is 11.3 Å². The fraction of sp³-hybridized carbons (Fsp3) is 0.312. The lowest BCUT2D eigenvalue weighted by Gasteiger charge is -2.26. The molecule has 0 aliphatic carbocycles. The van der Waals surface area contributed by atoms with Gasteiger partial charge in [-0.1, -0.05) is 12.1 Å². The highest BCUT2D eigenvalue weighted by Gasteiger charge is 2.31. The average molecular weight is 336 g/mol. The molecule has 7 heteroatoms. The number of amides is 1. The van der Waals surface area contributed by atoms with Gasteiger partial charge >= 0.3 is 5.97 Å². The predicted octanol–water partition coefficient (Wildman–Crippen LogP) is 3.14. The Morgan fingerprint density at radius 1 is 1.30 bits per heavy atom. The second-order valence-corrected chi connectivity index (χ2v) is 6.76. The second kappa shape index (κ2) is 6.45. The van der Waals surface area contributed by atoms with Crippen molar-refractivity contribution >= 4 is 23.2 Å². The van der Waals surface area contributed by atoms with Gasteiger partial charge in [0.25, 0.3) is 0 Å². The Morgan fingerprint density at radius 2 is 1.91 bits per heavy atom. The first-order valence-electron chi connectivity index (χ1n) is 6.98. The topological polar surface area (TPSA) is 79.3 Å². The first-order valence-corrected chi connectivity index (χ1v) is 7.79. The molecule has 1 unspecified atom stereocenters. The zero-order chi connectivity index (χ0) is 17.2. The fourth-order valence-electron chi connectivity index (χ4n) is 2.02. The molecule has 5 nitrogen and oxygen atoms in total. The zero-order valence-corrected chi connectivity index (χ0v) is 13.8. The molecular formula is C16H17FN2O3S. The molecule has 1 heterocycles. The van der Waals surface area contributed by atoms with Gasteiger partial charge in [0.15, 0.2) is 0 Å². The van der Waals surface area contributed by atoms with Crippen LogP contribution in [0.3, 0.4) is 0 Å². The normalized spacial score (nSPS) is 12.7. The van der Waals surface area contributed by atoms with E-state index in [1.165, 1.54) is 18.3 Å². The molecule has 0 saturated carbocycles. The number of hydrogen-bond acceptors (Lipinski definition) is 4. The molecule has 1 atom stereocenters. The fourth-order valence-corrected chi connectivity index (χ4v) is 2.78. The third-order valence-electron chi connectivity index (χ3n) is 3.59. The molecule has 122 valence electrons. The van der Waals surface area contributed by atoms with Gasteiger partial charge < -0.3 is 10.4 Å². The van der Waals surface area contributed by atoms with E-state index in [4.69, 9.17) is 5.11 Å². The first-order chi connectivity index (χ1) is 10.7. The van der Waals surface area contributed by atoms with Crippen molar-refractivity contribution in [3.63, 3.8) is 0 Å². The number of aromatic carboxylic acids is 1. The van der Waals surface area contributed by atoms with E-state index in [1.54, 1.807) is 32.9 Å². The van der Waals surface area contributed by atoms with Crippen LogP contribution in [0.1, 0.15) is 47.1 Å². The lowest BCUT2D eigenvalue weighted by molar-refractivity contribution is -0.126. The van der Waals surface area contributed by atoms with Crippen LogP contribution in [0, 0.1) is 5.82 Å². The summed E-state index contributed by atoms with van der Waals surface area (Å²) in [5.41, 5.74) is -0.163. The average Bonchev–Trinajstić information content (AvgIpc) is 2.97. The van der Waals surface area contributed by atoms with Crippen molar-refractivity contribution in [1.82, 2.24) is 10.3 Å². The molecule has 23 heavy (non-hydrogen) atoms. The largest absolute Gasteiger partial charge is 0.477 e. The molecule has 1 aromatic heterocycles. The molecule has 0 fully saturated rings. The Morgan fingerprint density at radius 3 is 2.43 bits per heavy atom. The number of rotatable bonds is 5. The quantitative estimate of drug-likeness (QED) is 0.879. The lowest BCUT2D eigenvalue weighted by Crippen LogP contribution is -2.41. The van der Waals surface area contributed by atoms with E-state index in [9.17, 15) is 14.0 Å². The van der Waals surface area contributed by atoms with E-state index < -0.39 is 17.4 Å². The van der Waals surface area contributed by atoms with Gasteiger partial charge in [0.1, 0.15) is 15.7 Å². The number of nitrogens with zero attached hydrogens (tertiary/aromatic N) is 1. The number of hydrogen-bond donors (Lipinski definition) is 2. The highest BCUT2D eigenvalue weighted by Crippen LogP contribution is 2.26. The molecule has 0 radical (unpaired) electrons. The van der Waals surface area contributed by atoms with Crippen molar-refractivity contribution in [3.05, 3.63) is 51.7 Å². The predicted molar refractivity (Wildman–Crippen MR) is 85.1 cm³/mol. The van der Waals surface area contributed by atoms with E-state index in [0.29, 0.717) is 10.6 Å². The van der Waals surface area contributed by atoms with Gasteiger partial charge in [-0.2, -0.15) is 0 Å². The summed E-state index contributed by atoms with van der Waals surface area (Å²) in [7, 11) is 0. The van der Waals surface area contributed by atoms with Gasteiger partial charge in [-0.3, -0.25) is 4.79 Å². The first kappa shape index (κ1) is 17.1. The SMILES string of the molecule is CC(NC(=O)C(C)(C)c1ccc(F)cc1)c1ncc(C(=O)O)s1. The number of benzene rings is 1. The van der Waals surface area contributed by atoms with Crippen molar-refractivity contribution in [3.8, 4) is 0 Å². The van der Waals surface area contributed by atoms with Crippen LogP contribution in [0.25, 0.3) is 0 Å². The van der Waals surface area contributed by atoms with Crippen LogP contribution >= 0.6 is 11.3 Å². The molecule has 2 N–H and O–H groups in total. The van der Waals surface area contributed by atoms with Gasteiger partial charge in [-0.15, -0.1) is 11.3 Å². The molecule has 0 aliphatic heterocycles. The van der Waals surface area contributed by atoms with Crippen molar-refractivity contribution < 1.29 is 19.1 Å². The highest BCUT2D eigenvalue weighted by atomic mass is 32.1. The third-order valence-corrected chi connectivity index (χ3v) is 4.75. The Kier molecular flexibility index (Phi) is 4.79. The van der Waals surface area contributed by atoms with E-state index in [-0.39, 0.29) is 16.6 Å². The standard InChI is InChI=1S/C16H17FN2O3S/c1-9(13-18-8-12(23-13)14(20)21)19-15(22)16(2,3)10-4-6-11(17)7-5-10/h4-9H,1-3H3,(H,19,22)(H,20,21). The molecule has 2 rings (SSSR count). The van der Waals surface area contributed by atoms with Crippen LogP contribution in [0.15, 0.2) is 30.5 Å². The number of halogens is 1. The van der Waals surface area contributed by atoms with Gasteiger partial charge in [0, 0.05) is 0 Å². The molecule has 1 aromatic carbocycles. The number of carbonyl (C=O) groups excluding carboxylic acids is 1. The van der Waals surface area contributed by atoms with Crippen LogP contribution in [0.5, 0.6) is 0 Å². The Bertz CT molecular complexity index is 725. The number of aromatic nitrogens is 1. The van der Waals surface area contributed by atoms with Gasteiger partial charge in [-0.05, 0) is 38.5 Å². The molecule has 0 saturated heterocycles. The molecule has 0 bridgehead atoms. The molecule has 2 aromatic rings. The smallest absolute Gasteiger partial charge is 0.347 e.